The second-order valence-electron chi connectivity index (χ2n) is 7.31. The van der Waals surface area contributed by atoms with Crippen LogP contribution in [-0.2, 0) is 4.79 Å². The molecule has 2 aromatic rings. The van der Waals surface area contributed by atoms with Crippen molar-refractivity contribution in [3.8, 4) is 11.1 Å². The first-order chi connectivity index (χ1) is 13.7. The number of hydrogen-bond acceptors (Lipinski definition) is 5. The van der Waals surface area contributed by atoms with Gasteiger partial charge in [-0.15, -0.1) is 0 Å². The predicted molar refractivity (Wildman–Crippen MR) is 113 cm³/mol. The molecule has 1 aromatic carbocycles. The molecule has 1 fully saturated rings. The minimum Gasteiger partial charge on any atom is -0.398 e. The maximum absolute atomic E-state index is 14.9. The summed E-state index contributed by atoms with van der Waals surface area (Å²) in [6.45, 7) is 2.23. The standard InChI is InChI=1S/C19H23FN4O.C2H5NO/c1-24(2)19(25)17-15(21)8-7-14(18(17)20)13-6-9-16(23-11-13)22-10-12-4-3-5-12;1-2(3)4/h6-9,11-12H,3-5,10,21H2,1-2H3,(H,22,23);1H3,(H2,3,4). The normalized spacial score (nSPS) is 13.0. The number of rotatable bonds is 5. The smallest absolute Gasteiger partial charge is 0.258 e. The summed E-state index contributed by atoms with van der Waals surface area (Å²) in [6.07, 6.45) is 5.46. The van der Waals surface area contributed by atoms with Crippen LogP contribution in [0.4, 0.5) is 15.9 Å². The Labute approximate surface area is 170 Å². The van der Waals surface area contributed by atoms with Crippen molar-refractivity contribution in [1.29, 1.82) is 0 Å². The quantitative estimate of drug-likeness (QED) is 0.667. The summed E-state index contributed by atoms with van der Waals surface area (Å²) in [6, 6.07) is 6.76. The Morgan fingerprint density at radius 1 is 1.24 bits per heavy atom. The zero-order valence-corrected chi connectivity index (χ0v) is 17.0. The van der Waals surface area contributed by atoms with Gasteiger partial charge in [-0.2, -0.15) is 0 Å². The van der Waals surface area contributed by atoms with Crippen LogP contribution in [0.25, 0.3) is 11.1 Å². The van der Waals surface area contributed by atoms with Gasteiger partial charge >= 0.3 is 0 Å². The summed E-state index contributed by atoms with van der Waals surface area (Å²) in [7, 11) is 3.13. The monoisotopic (exact) mass is 401 g/mol. The highest BCUT2D eigenvalue weighted by molar-refractivity contribution is 6.00. The Hall–Kier alpha value is -3.16. The fourth-order valence-electron chi connectivity index (χ4n) is 2.86. The van der Waals surface area contributed by atoms with Crippen molar-refractivity contribution in [2.24, 2.45) is 11.7 Å². The maximum atomic E-state index is 14.9. The number of carbonyl (C=O) groups excluding carboxylic acids is 2. The third-order valence-electron chi connectivity index (χ3n) is 4.67. The van der Waals surface area contributed by atoms with Crippen LogP contribution in [0.5, 0.6) is 0 Å². The fourth-order valence-corrected chi connectivity index (χ4v) is 2.86. The van der Waals surface area contributed by atoms with E-state index in [1.54, 1.807) is 38.5 Å². The van der Waals surface area contributed by atoms with Gasteiger partial charge in [0.15, 0.2) is 0 Å². The van der Waals surface area contributed by atoms with E-state index in [1.807, 2.05) is 6.07 Å². The third kappa shape index (κ3) is 5.91. The zero-order chi connectivity index (χ0) is 21.6. The molecular formula is C21H28FN5O2. The Bertz CT molecular complexity index is 860. The molecular weight excluding hydrogens is 373 g/mol. The van der Waals surface area contributed by atoms with Gasteiger partial charge in [0, 0.05) is 50.6 Å². The molecule has 1 aromatic heterocycles. The van der Waals surface area contributed by atoms with Crippen LogP contribution in [0.1, 0.15) is 36.5 Å². The summed E-state index contributed by atoms with van der Waals surface area (Å²) < 4.78 is 14.9. The number of pyridine rings is 1. The maximum Gasteiger partial charge on any atom is 0.258 e. The Balaban J connectivity index is 0.000000687. The highest BCUT2D eigenvalue weighted by atomic mass is 19.1. The number of carbonyl (C=O) groups is 2. The fraction of sp³-hybridized carbons (Fsp3) is 0.381. The lowest BCUT2D eigenvalue weighted by molar-refractivity contribution is -0.115. The van der Waals surface area contributed by atoms with E-state index in [0.29, 0.717) is 11.1 Å². The van der Waals surface area contributed by atoms with Crippen LogP contribution in [-0.4, -0.2) is 42.3 Å². The van der Waals surface area contributed by atoms with Gasteiger partial charge in [0.25, 0.3) is 5.91 Å². The molecule has 1 aliphatic carbocycles. The minimum absolute atomic E-state index is 0.102. The molecule has 7 nitrogen and oxygen atoms in total. The molecule has 0 aliphatic heterocycles. The highest BCUT2D eigenvalue weighted by Gasteiger charge is 2.21. The SMILES string of the molecule is CC(N)=O.CN(C)C(=O)c1c(N)ccc(-c2ccc(NCC3CCC3)nc2)c1F. The summed E-state index contributed by atoms with van der Waals surface area (Å²) in [5.41, 5.74) is 11.2. The van der Waals surface area contributed by atoms with Crippen LogP contribution in [0.3, 0.4) is 0 Å². The Morgan fingerprint density at radius 2 is 1.90 bits per heavy atom. The lowest BCUT2D eigenvalue weighted by atomic mass is 9.85. The van der Waals surface area contributed by atoms with Crippen molar-refractivity contribution in [3.05, 3.63) is 41.8 Å². The number of halogens is 1. The molecule has 0 spiro atoms. The summed E-state index contributed by atoms with van der Waals surface area (Å²) in [5, 5.41) is 3.31. The summed E-state index contributed by atoms with van der Waals surface area (Å²) in [5.74, 6) is 0.103. The van der Waals surface area contributed by atoms with E-state index >= 15 is 0 Å². The third-order valence-corrected chi connectivity index (χ3v) is 4.67. The number of hydrogen-bond donors (Lipinski definition) is 3. The van der Waals surface area contributed by atoms with Gasteiger partial charge in [-0.05, 0) is 43.0 Å². The number of nitrogens with two attached hydrogens (primary N) is 2. The first-order valence-electron chi connectivity index (χ1n) is 9.46. The molecule has 0 saturated heterocycles. The number of nitrogens with zero attached hydrogens (tertiary/aromatic N) is 2. The number of nitrogens with one attached hydrogen (secondary N) is 1. The molecule has 29 heavy (non-hydrogen) atoms. The van der Waals surface area contributed by atoms with E-state index in [1.165, 1.54) is 31.1 Å². The van der Waals surface area contributed by atoms with Gasteiger partial charge in [-0.25, -0.2) is 9.37 Å². The number of anilines is 2. The van der Waals surface area contributed by atoms with Gasteiger partial charge in [-0.3, -0.25) is 9.59 Å². The van der Waals surface area contributed by atoms with Crippen LogP contribution in [0.15, 0.2) is 30.5 Å². The molecule has 0 radical (unpaired) electrons. The van der Waals surface area contributed by atoms with Crippen molar-refractivity contribution < 1.29 is 14.0 Å². The molecule has 1 aliphatic rings. The van der Waals surface area contributed by atoms with Crippen molar-refractivity contribution >= 4 is 23.3 Å². The topological polar surface area (TPSA) is 114 Å². The molecule has 2 amide bonds. The number of amides is 2. The first-order valence-corrected chi connectivity index (χ1v) is 9.46. The molecule has 5 N–H and O–H groups in total. The van der Waals surface area contributed by atoms with Gasteiger partial charge < -0.3 is 21.7 Å². The lowest BCUT2D eigenvalue weighted by Crippen LogP contribution is -2.24. The van der Waals surface area contributed by atoms with E-state index in [9.17, 15) is 14.0 Å². The Morgan fingerprint density at radius 3 is 2.38 bits per heavy atom. The number of primary amides is 1. The average molecular weight is 401 g/mol. The lowest BCUT2D eigenvalue weighted by Gasteiger charge is -2.25. The largest absolute Gasteiger partial charge is 0.398 e. The molecule has 0 atom stereocenters. The van der Waals surface area contributed by atoms with Crippen molar-refractivity contribution in [1.82, 2.24) is 9.88 Å². The average Bonchev–Trinajstić information content (AvgIpc) is 2.60. The predicted octanol–water partition coefficient (Wildman–Crippen LogP) is 2.88. The zero-order valence-electron chi connectivity index (χ0n) is 17.0. The molecule has 0 bridgehead atoms. The molecule has 0 unspecified atom stereocenters. The summed E-state index contributed by atoms with van der Waals surface area (Å²) >= 11 is 0. The van der Waals surface area contributed by atoms with Crippen LogP contribution in [0.2, 0.25) is 0 Å². The Kier molecular flexibility index (Phi) is 7.52. The van der Waals surface area contributed by atoms with E-state index in [4.69, 9.17) is 5.73 Å². The minimum atomic E-state index is -0.615. The van der Waals surface area contributed by atoms with Crippen LogP contribution < -0.4 is 16.8 Å². The molecule has 1 saturated carbocycles. The second-order valence-corrected chi connectivity index (χ2v) is 7.31. The summed E-state index contributed by atoms with van der Waals surface area (Å²) in [4.78, 5) is 27.1. The van der Waals surface area contributed by atoms with Crippen molar-refractivity contribution in [2.45, 2.75) is 26.2 Å². The number of aromatic nitrogens is 1. The van der Waals surface area contributed by atoms with E-state index < -0.39 is 11.7 Å². The molecule has 156 valence electrons. The van der Waals surface area contributed by atoms with Gasteiger partial charge in [0.2, 0.25) is 5.91 Å². The van der Waals surface area contributed by atoms with E-state index in [-0.39, 0.29) is 17.2 Å². The van der Waals surface area contributed by atoms with Crippen LogP contribution >= 0.6 is 0 Å². The molecule has 1 heterocycles. The second kappa shape index (κ2) is 9.86. The highest BCUT2D eigenvalue weighted by Crippen LogP contribution is 2.30. The first kappa shape index (κ1) is 22.1. The van der Waals surface area contributed by atoms with Crippen molar-refractivity contribution in [2.75, 3.05) is 31.7 Å². The number of benzene rings is 1. The molecule has 3 rings (SSSR count). The van der Waals surface area contributed by atoms with E-state index in [2.05, 4.69) is 16.0 Å². The number of nitrogen functional groups attached to an aromatic ring is 1. The van der Waals surface area contributed by atoms with Crippen molar-refractivity contribution in [3.63, 3.8) is 0 Å². The van der Waals surface area contributed by atoms with E-state index in [0.717, 1.165) is 18.3 Å². The van der Waals surface area contributed by atoms with Gasteiger partial charge in [0.05, 0.1) is 5.56 Å². The van der Waals surface area contributed by atoms with Gasteiger partial charge in [0.1, 0.15) is 11.6 Å². The van der Waals surface area contributed by atoms with Gasteiger partial charge in [-0.1, -0.05) is 6.42 Å². The molecule has 8 heteroatoms. The van der Waals surface area contributed by atoms with Crippen LogP contribution in [0, 0.1) is 11.7 Å².